The van der Waals surface area contributed by atoms with E-state index in [1.165, 1.54) is 11.3 Å². The molecule has 0 aliphatic rings. The van der Waals surface area contributed by atoms with E-state index in [-0.39, 0.29) is 18.9 Å². The van der Waals surface area contributed by atoms with E-state index >= 15 is 0 Å². The Labute approximate surface area is 168 Å². The Morgan fingerprint density at radius 3 is 2.93 bits per heavy atom. The molecule has 0 aliphatic carbocycles. The highest BCUT2D eigenvalue weighted by Gasteiger charge is 2.14. The predicted octanol–water partition coefficient (Wildman–Crippen LogP) is 4.22. The number of thiazole rings is 1. The Balaban J connectivity index is 1.33. The van der Waals surface area contributed by atoms with Gasteiger partial charge >= 0.3 is 5.97 Å². The number of ether oxygens (including phenoxy) is 2. The van der Waals surface area contributed by atoms with Gasteiger partial charge in [-0.2, -0.15) is 16.3 Å². The Kier molecular flexibility index (Phi) is 5.45. The van der Waals surface area contributed by atoms with Crippen LogP contribution in [0.25, 0.3) is 22.0 Å². The average molecular weight is 413 g/mol. The number of methoxy groups -OCH3 is 1. The van der Waals surface area contributed by atoms with E-state index in [4.69, 9.17) is 14.0 Å². The molecule has 0 saturated carbocycles. The fourth-order valence-corrected chi connectivity index (χ4v) is 3.97. The molecule has 0 fully saturated rings. The van der Waals surface area contributed by atoms with E-state index in [2.05, 4.69) is 15.1 Å². The third-order valence-corrected chi connectivity index (χ3v) is 5.42. The fourth-order valence-electron chi connectivity index (χ4n) is 2.44. The molecule has 9 heteroatoms. The van der Waals surface area contributed by atoms with Gasteiger partial charge in [0.25, 0.3) is 5.89 Å². The highest BCUT2D eigenvalue weighted by Crippen LogP contribution is 2.26. The molecule has 0 bridgehead atoms. The van der Waals surface area contributed by atoms with Crippen LogP contribution in [-0.4, -0.2) is 28.2 Å². The number of rotatable bonds is 7. The molecule has 0 spiro atoms. The zero-order chi connectivity index (χ0) is 19.3. The van der Waals surface area contributed by atoms with Gasteiger partial charge in [0.2, 0.25) is 5.82 Å². The molecule has 0 aliphatic heterocycles. The summed E-state index contributed by atoms with van der Waals surface area (Å²) < 4.78 is 15.6. The summed E-state index contributed by atoms with van der Waals surface area (Å²) in [5.74, 6) is 0.928. The summed E-state index contributed by atoms with van der Waals surface area (Å²) in [6.07, 6.45) is 0.0948. The standard InChI is InChI=1S/C19H15N3O4S2/c1-24-15-4-2-3-12(7-15)18-21-16(26-22-18)9-25-17(23)8-14-11-28-19(20-14)13-5-6-27-10-13/h2-7,10-11H,8-9H2,1H3. The number of aromatic nitrogens is 3. The number of esters is 1. The lowest BCUT2D eigenvalue weighted by Crippen LogP contribution is -2.08. The van der Waals surface area contributed by atoms with Crippen molar-refractivity contribution in [2.45, 2.75) is 13.0 Å². The SMILES string of the molecule is COc1cccc(-c2noc(COC(=O)Cc3csc(-c4ccsc4)n3)n2)c1. The lowest BCUT2D eigenvalue weighted by atomic mass is 10.2. The van der Waals surface area contributed by atoms with Gasteiger partial charge in [-0.15, -0.1) is 11.3 Å². The van der Waals surface area contributed by atoms with Crippen LogP contribution >= 0.6 is 22.7 Å². The van der Waals surface area contributed by atoms with Gasteiger partial charge in [0.05, 0.1) is 19.2 Å². The van der Waals surface area contributed by atoms with Gasteiger partial charge in [-0.25, -0.2) is 4.98 Å². The van der Waals surface area contributed by atoms with E-state index in [0.717, 1.165) is 16.1 Å². The van der Waals surface area contributed by atoms with Crippen LogP contribution in [0.4, 0.5) is 0 Å². The van der Waals surface area contributed by atoms with E-state index in [9.17, 15) is 4.79 Å². The molecular formula is C19H15N3O4S2. The van der Waals surface area contributed by atoms with E-state index in [1.54, 1.807) is 24.5 Å². The minimum atomic E-state index is -0.400. The number of thiophene rings is 1. The van der Waals surface area contributed by atoms with Crippen LogP contribution in [0.2, 0.25) is 0 Å². The van der Waals surface area contributed by atoms with Crippen molar-refractivity contribution in [1.82, 2.24) is 15.1 Å². The van der Waals surface area contributed by atoms with Crippen molar-refractivity contribution in [3.05, 3.63) is 58.1 Å². The number of nitrogens with zero attached hydrogens (tertiary/aromatic N) is 3. The normalized spacial score (nSPS) is 10.8. The van der Waals surface area contributed by atoms with Crippen molar-refractivity contribution < 1.29 is 18.8 Å². The van der Waals surface area contributed by atoms with Crippen molar-refractivity contribution in [3.63, 3.8) is 0 Å². The second kappa shape index (κ2) is 8.32. The second-order valence-electron chi connectivity index (χ2n) is 5.74. The monoisotopic (exact) mass is 413 g/mol. The summed E-state index contributed by atoms with van der Waals surface area (Å²) in [5, 5.41) is 10.7. The van der Waals surface area contributed by atoms with Crippen molar-refractivity contribution in [2.75, 3.05) is 7.11 Å². The molecule has 7 nitrogen and oxygen atoms in total. The zero-order valence-electron chi connectivity index (χ0n) is 14.8. The number of hydrogen-bond acceptors (Lipinski definition) is 9. The van der Waals surface area contributed by atoms with Gasteiger partial charge < -0.3 is 14.0 Å². The first kappa shape index (κ1) is 18.3. The zero-order valence-corrected chi connectivity index (χ0v) is 16.5. The quantitative estimate of drug-likeness (QED) is 0.419. The first-order chi connectivity index (χ1) is 13.7. The molecule has 0 saturated heterocycles. The molecule has 1 aromatic carbocycles. The van der Waals surface area contributed by atoms with Crippen LogP contribution in [0.15, 0.2) is 51.0 Å². The minimum Gasteiger partial charge on any atom is -0.497 e. The lowest BCUT2D eigenvalue weighted by molar-refractivity contribution is -0.144. The molecule has 142 valence electrons. The first-order valence-corrected chi connectivity index (χ1v) is 10.1. The topological polar surface area (TPSA) is 87.3 Å². The minimum absolute atomic E-state index is 0.0860. The first-order valence-electron chi connectivity index (χ1n) is 8.31. The molecule has 4 rings (SSSR count). The smallest absolute Gasteiger partial charge is 0.312 e. The van der Waals surface area contributed by atoms with Gasteiger partial charge in [-0.1, -0.05) is 17.3 Å². The maximum Gasteiger partial charge on any atom is 0.312 e. The number of benzene rings is 1. The summed E-state index contributed by atoms with van der Waals surface area (Å²) in [5.41, 5.74) is 2.49. The summed E-state index contributed by atoms with van der Waals surface area (Å²) in [7, 11) is 1.59. The molecular weight excluding hydrogens is 398 g/mol. The Morgan fingerprint density at radius 2 is 2.11 bits per heavy atom. The molecule has 0 atom stereocenters. The summed E-state index contributed by atoms with van der Waals surface area (Å²) in [6, 6.07) is 9.31. The van der Waals surface area contributed by atoms with Gasteiger partial charge in [-0.05, 0) is 23.6 Å². The Bertz CT molecular complexity index is 1070. The third-order valence-electron chi connectivity index (χ3n) is 3.80. The van der Waals surface area contributed by atoms with Crippen LogP contribution in [0.3, 0.4) is 0 Å². The molecule has 0 radical (unpaired) electrons. The van der Waals surface area contributed by atoms with Crippen molar-refractivity contribution in [1.29, 1.82) is 0 Å². The largest absolute Gasteiger partial charge is 0.497 e. The summed E-state index contributed by atoms with van der Waals surface area (Å²) in [6.45, 7) is -0.0860. The molecule has 3 heterocycles. The maximum atomic E-state index is 12.1. The molecule has 0 amide bonds. The van der Waals surface area contributed by atoms with Gasteiger partial charge in [0.15, 0.2) is 6.61 Å². The van der Waals surface area contributed by atoms with Crippen LogP contribution < -0.4 is 4.74 Å². The van der Waals surface area contributed by atoms with Gasteiger partial charge in [0, 0.05) is 21.9 Å². The van der Waals surface area contributed by atoms with E-state index < -0.39 is 5.97 Å². The van der Waals surface area contributed by atoms with E-state index in [1.807, 2.05) is 40.4 Å². The molecule has 4 aromatic rings. The van der Waals surface area contributed by atoms with Crippen LogP contribution in [-0.2, 0) is 22.6 Å². The molecule has 0 N–H and O–H groups in total. The highest BCUT2D eigenvalue weighted by atomic mass is 32.1. The Hall–Kier alpha value is -3.04. The second-order valence-corrected chi connectivity index (χ2v) is 7.38. The maximum absolute atomic E-state index is 12.1. The van der Waals surface area contributed by atoms with Crippen molar-refractivity contribution in [3.8, 4) is 27.7 Å². The summed E-state index contributed by atoms with van der Waals surface area (Å²) >= 11 is 3.11. The number of hydrogen-bond donors (Lipinski definition) is 0. The van der Waals surface area contributed by atoms with Gasteiger partial charge in [-0.3, -0.25) is 4.79 Å². The lowest BCUT2D eigenvalue weighted by Gasteiger charge is -2.00. The van der Waals surface area contributed by atoms with Crippen molar-refractivity contribution >= 4 is 28.6 Å². The molecule has 28 heavy (non-hydrogen) atoms. The van der Waals surface area contributed by atoms with E-state index in [0.29, 0.717) is 17.3 Å². The van der Waals surface area contributed by atoms with Crippen molar-refractivity contribution in [2.24, 2.45) is 0 Å². The average Bonchev–Trinajstić information content (AvgIpc) is 3.47. The predicted molar refractivity (Wildman–Crippen MR) is 105 cm³/mol. The van der Waals surface area contributed by atoms with Crippen LogP contribution in [0.5, 0.6) is 5.75 Å². The fraction of sp³-hybridized carbons (Fsp3) is 0.158. The van der Waals surface area contributed by atoms with Gasteiger partial charge in [0.1, 0.15) is 10.8 Å². The highest BCUT2D eigenvalue weighted by molar-refractivity contribution is 7.14. The number of carbonyl (C=O) groups excluding carboxylic acids is 1. The third kappa shape index (κ3) is 4.26. The molecule has 3 aromatic heterocycles. The number of carbonyl (C=O) groups is 1. The molecule has 0 unspecified atom stereocenters. The summed E-state index contributed by atoms with van der Waals surface area (Å²) in [4.78, 5) is 20.8. The van der Waals surface area contributed by atoms with Crippen LogP contribution in [0.1, 0.15) is 11.6 Å². The Morgan fingerprint density at radius 1 is 1.18 bits per heavy atom. The van der Waals surface area contributed by atoms with Crippen LogP contribution in [0, 0.1) is 0 Å².